The molecule has 1 aliphatic carbocycles. The van der Waals surface area contributed by atoms with Crippen molar-refractivity contribution in [3.63, 3.8) is 0 Å². The molecule has 0 bridgehead atoms. The highest BCUT2D eigenvalue weighted by atomic mass is 32.2. The molecule has 0 saturated heterocycles. The van der Waals surface area contributed by atoms with Gasteiger partial charge in [0.2, 0.25) is 0 Å². The summed E-state index contributed by atoms with van der Waals surface area (Å²) in [6.07, 6.45) is 3.93. The number of allylic oxidation sites excluding steroid dienone is 1. The Bertz CT molecular complexity index is 898. The second-order valence-electron chi connectivity index (χ2n) is 7.53. The van der Waals surface area contributed by atoms with Gasteiger partial charge in [-0.3, -0.25) is 9.69 Å². The number of aromatic amines is 1. The van der Waals surface area contributed by atoms with Gasteiger partial charge in [-0.25, -0.2) is 4.98 Å². The van der Waals surface area contributed by atoms with Crippen molar-refractivity contribution in [1.29, 1.82) is 0 Å². The minimum absolute atomic E-state index is 0.0472. The molecular weight excluding hydrogens is 386 g/mol. The zero-order valence-electron chi connectivity index (χ0n) is 17.0. The van der Waals surface area contributed by atoms with Gasteiger partial charge in [0.1, 0.15) is 5.82 Å². The Hall–Kier alpha value is -1.93. The Morgan fingerprint density at radius 2 is 2.03 bits per heavy atom. The standard InChI is InChI=1S/C22H29N3O3S/c1-15-23-21-17(8-9-19(21)22(28)24-15)11-25(10-16-6-4-3-5-7-16)12-18(14-29-2)20(27)13-26/h3-8,18,20,26-27H,9-14H2,1-2H3,(H,23,24,28). The summed E-state index contributed by atoms with van der Waals surface area (Å²) < 4.78 is 0. The van der Waals surface area contributed by atoms with Crippen molar-refractivity contribution in [1.82, 2.24) is 14.9 Å². The maximum Gasteiger partial charge on any atom is 0.254 e. The van der Waals surface area contributed by atoms with E-state index in [4.69, 9.17) is 0 Å². The molecular formula is C22H29N3O3S. The lowest BCUT2D eigenvalue weighted by atomic mass is 10.0. The highest BCUT2D eigenvalue weighted by Gasteiger charge is 2.25. The molecule has 29 heavy (non-hydrogen) atoms. The van der Waals surface area contributed by atoms with Crippen LogP contribution in [0.5, 0.6) is 0 Å². The summed E-state index contributed by atoms with van der Waals surface area (Å²) in [5.74, 6) is 1.33. The molecule has 0 saturated carbocycles. The number of fused-ring (bicyclic) bond motifs is 1. The number of rotatable bonds is 10. The lowest BCUT2D eigenvalue weighted by molar-refractivity contribution is 0.0406. The first kappa shape index (κ1) is 21.8. The molecule has 156 valence electrons. The second kappa shape index (κ2) is 10.2. The van der Waals surface area contributed by atoms with Crippen LogP contribution >= 0.6 is 11.8 Å². The summed E-state index contributed by atoms with van der Waals surface area (Å²) in [4.78, 5) is 21.9. The smallest absolute Gasteiger partial charge is 0.254 e. The molecule has 1 aromatic carbocycles. The topological polar surface area (TPSA) is 89.5 Å². The van der Waals surface area contributed by atoms with E-state index in [1.165, 1.54) is 5.56 Å². The Labute approximate surface area is 175 Å². The zero-order chi connectivity index (χ0) is 20.8. The number of aryl methyl sites for hydroxylation is 1. The number of aliphatic hydroxyl groups is 2. The summed E-state index contributed by atoms with van der Waals surface area (Å²) in [5.41, 5.74) is 3.67. The van der Waals surface area contributed by atoms with E-state index in [0.29, 0.717) is 25.3 Å². The molecule has 0 aliphatic heterocycles. The fourth-order valence-electron chi connectivity index (χ4n) is 3.77. The fourth-order valence-corrected chi connectivity index (χ4v) is 4.53. The van der Waals surface area contributed by atoms with Gasteiger partial charge >= 0.3 is 0 Å². The lowest BCUT2D eigenvalue weighted by Gasteiger charge is -2.30. The first-order valence-electron chi connectivity index (χ1n) is 9.85. The fraction of sp³-hybridized carbons (Fsp3) is 0.455. The van der Waals surface area contributed by atoms with Gasteiger partial charge in [0, 0.05) is 31.1 Å². The third kappa shape index (κ3) is 5.57. The summed E-state index contributed by atoms with van der Waals surface area (Å²) in [7, 11) is 0. The Kier molecular flexibility index (Phi) is 7.66. The molecule has 1 aromatic heterocycles. The van der Waals surface area contributed by atoms with E-state index in [1.807, 2.05) is 24.5 Å². The van der Waals surface area contributed by atoms with Crippen LogP contribution in [-0.2, 0) is 13.0 Å². The third-order valence-corrected chi connectivity index (χ3v) is 6.00. The number of thioether (sulfide) groups is 1. The number of aliphatic hydroxyl groups excluding tert-OH is 2. The van der Waals surface area contributed by atoms with E-state index in [-0.39, 0.29) is 18.1 Å². The molecule has 2 aromatic rings. The maximum absolute atomic E-state index is 12.2. The average Bonchev–Trinajstić information content (AvgIpc) is 3.10. The maximum atomic E-state index is 12.2. The normalized spacial score (nSPS) is 15.3. The molecule has 0 amide bonds. The minimum Gasteiger partial charge on any atom is -0.394 e. The molecule has 3 rings (SSSR count). The molecule has 2 unspecified atom stereocenters. The summed E-state index contributed by atoms with van der Waals surface area (Å²) >= 11 is 1.67. The number of benzene rings is 1. The molecule has 3 N–H and O–H groups in total. The molecule has 6 nitrogen and oxygen atoms in total. The van der Waals surface area contributed by atoms with E-state index in [0.717, 1.165) is 29.1 Å². The first-order chi connectivity index (χ1) is 14.0. The van der Waals surface area contributed by atoms with Gasteiger partial charge in [0.05, 0.1) is 18.4 Å². The molecule has 1 aliphatic rings. The summed E-state index contributed by atoms with van der Waals surface area (Å²) in [6.45, 7) is 3.56. The van der Waals surface area contributed by atoms with Crippen molar-refractivity contribution in [3.8, 4) is 0 Å². The number of H-pyrrole nitrogens is 1. The van der Waals surface area contributed by atoms with Crippen molar-refractivity contribution in [3.05, 3.63) is 69.4 Å². The summed E-state index contributed by atoms with van der Waals surface area (Å²) in [6, 6.07) is 10.2. The Morgan fingerprint density at radius 1 is 1.28 bits per heavy atom. The van der Waals surface area contributed by atoms with E-state index in [2.05, 4.69) is 33.1 Å². The largest absolute Gasteiger partial charge is 0.394 e. The molecule has 0 fully saturated rings. The molecule has 7 heteroatoms. The van der Waals surface area contributed by atoms with Crippen LogP contribution in [0.2, 0.25) is 0 Å². The van der Waals surface area contributed by atoms with Gasteiger partial charge < -0.3 is 15.2 Å². The molecule has 0 radical (unpaired) electrons. The minimum atomic E-state index is -0.756. The Morgan fingerprint density at radius 3 is 2.72 bits per heavy atom. The van der Waals surface area contributed by atoms with Crippen LogP contribution in [0.15, 0.2) is 41.2 Å². The van der Waals surface area contributed by atoms with Gasteiger partial charge in [-0.1, -0.05) is 36.4 Å². The number of aromatic nitrogens is 2. The van der Waals surface area contributed by atoms with Crippen LogP contribution in [0.1, 0.15) is 22.6 Å². The van der Waals surface area contributed by atoms with Gasteiger partial charge in [-0.2, -0.15) is 11.8 Å². The first-order valence-corrected chi connectivity index (χ1v) is 11.2. The van der Waals surface area contributed by atoms with Crippen LogP contribution in [-0.4, -0.2) is 62.9 Å². The van der Waals surface area contributed by atoms with Crippen LogP contribution in [0.25, 0.3) is 5.57 Å². The molecule has 0 spiro atoms. The van der Waals surface area contributed by atoms with Crippen LogP contribution in [0.3, 0.4) is 0 Å². The quantitative estimate of drug-likeness (QED) is 0.549. The van der Waals surface area contributed by atoms with Gasteiger partial charge in [-0.15, -0.1) is 0 Å². The average molecular weight is 416 g/mol. The third-order valence-electron chi connectivity index (χ3n) is 5.24. The van der Waals surface area contributed by atoms with E-state index >= 15 is 0 Å². The monoisotopic (exact) mass is 415 g/mol. The van der Waals surface area contributed by atoms with E-state index in [1.54, 1.807) is 18.7 Å². The molecule has 2 atom stereocenters. The van der Waals surface area contributed by atoms with Crippen LogP contribution < -0.4 is 5.56 Å². The van der Waals surface area contributed by atoms with E-state index in [9.17, 15) is 15.0 Å². The number of nitrogens with one attached hydrogen (secondary N) is 1. The molecule has 1 heterocycles. The van der Waals surface area contributed by atoms with Crippen molar-refractivity contribution in [2.75, 3.05) is 31.7 Å². The lowest BCUT2D eigenvalue weighted by Crippen LogP contribution is -2.38. The second-order valence-corrected chi connectivity index (χ2v) is 8.44. The van der Waals surface area contributed by atoms with Crippen molar-refractivity contribution >= 4 is 17.3 Å². The number of nitrogens with zero attached hydrogens (tertiary/aromatic N) is 2. The van der Waals surface area contributed by atoms with Crippen molar-refractivity contribution in [2.24, 2.45) is 5.92 Å². The van der Waals surface area contributed by atoms with Gasteiger partial charge in [-0.05, 0) is 36.5 Å². The SMILES string of the molecule is CSCC(CN(CC1=CCc2c1nc(C)[nH]c2=O)Cc1ccccc1)C(O)CO. The predicted octanol–water partition coefficient (Wildman–Crippen LogP) is 1.85. The van der Waals surface area contributed by atoms with Crippen LogP contribution in [0.4, 0.5) is 0 Å². The van der Waals surface area contributed by atoms with E-state index < -0.39 is 6.10 Å². The zero-order valence-corrected chi connectivity index (χ0v) is 17.8. The summed E-state index contributed by atoms with van der Waals surface area (Å²) in [5, 5.41) is 19.8. The predicted molar refractivity (Wildman–Crippen MR) is 118 cm³/mol. The highest BCUT2D eigenvalue weighted by molar-refractivity contribution is 7.98. The van der Waals surface area contributed by atoms with Crippen molar-refractivity contribution < 1.29 is 10.2 Å². The number of hydrogen-bond donors (Lipinski definition) is 3. The van der Waals surface area contributed by atoms with Gasteiger partial charge in [0.15, 0.2) is 0 Å². The van der Waals surface area contributed by atoms with Crippen molar-refractivity contribution in [2.45, 2.75) is 26.0 Å². The van der Waals surface area contributed by atoms with Gasteiger partial charge in [0.25, 0.3) is 5.56 Å². The number of hydrogen-bond acceptors (Lipinski definition) is 6. The Balaban J connectivity index is 1.83. The highest BCUT2D eigenvalue weighted by Crippen LogP contribution is 2.25. The van der Waals surface area contributed by atoms with Crippen LogP contribution in [0, 0.1) is 12.8 Å².